The van der Waals surface area contributed by atoms with Gasteiger partial charge in [0.25, 0.3) is 5.56 Å². The molecule has 5 rings (SSSR count). The van der Waals surface area contributed by atoms with Gasteiger partial charge in [0, 0.05) is 50.5 Å². The molecule has 1 aliphatic heterocycles. The Balaban J connectivity index is 1.33. The number of benzene rings is 2. The molecule has 11 heteroatoms. The van der Waals surface area contributed by atoms with Gasteiger partial charge in [-0.2, -0.15) is 0 Å². The summed E-state index contributed by atoms with van der Waals surface area (Å²) in [6.45, 7) is 14.8. The van der Waals surface area contributed by atoms with Crippen LogP contribution in [-0.4, -0.2) is 68.4 Å². The number of imidazole rings is 1. The fraction of sp³-hybridized carbons (Fsp3) is 0.514. The quantitative estimate of drug-likeness (QED) is 0.161. The van der Waals surface area contributed by atoms with E-state index in [9.17, 15) is 14.0 Å². The van der Waals surface area contributed by atoms with Crippen molar-refractivity contribution in [3.63, 3.8) is 0 Å². The molecule has 2 aromatic heterocycles. The summed E-state index contributed by atoms with van der Waals surface area (Å²) in [5.41, 5.74) is 2.27. The van der Waals surface area contributed by atoms with Crippen molar-refractivity contribution in [2.24, 2.45) is 5.92 Å². The van der Waals surface area contributed by atoms with Crippen LogP contribution in [0.3, 0.4) is 0 Å². The zero-order valence-corrected chi connectivity index (χ0v) is 29.4. The first-order valence-electron chi connectivity index (χ1n) is 17.2. The maximum Gasteiger partial charge on any atom is 0.412 e. The second-order valence-electron chi connectivity index (χ2n) is 13.7. The smallest absolute Gasteiger partial charge is 0.412 e. The standard InChI is InChI=1S/C37H50FN7O3/c1-8-26(3)24-44(37(5,6)9-2)36(47)48-27(4)45-33(46)18-21-39-34(45)41(7)30-19-22-42(23-20-30)35-40-31-12-10-11-13-32(31)43(35)25-28-14-16-29(38)17-15-28/h10-18,21,26-27,30H,8-9,19-20,22-25H2,1-7H3. The fourth-order valence-electron chi connectivity index (χ4n) is 6.32. The van der Waals surface area contributed by atoms with Gasteiger partial charge in [-0.15, -0.1) is 0 Å². The van der Waals surface area contributed by atoms with E-state index in [0.29, 0.717) is 25.0 Å². The van der Waals surface area contributed by atoms with Crippen LogP contribution in [0, 0.1) is 11.7 Å². The van der Waals surface area contributed by atoms with Crippen molar-refractivity contribution in [2.75, 3.05) is 36.5 Å². The largest absolute Gasteiger partial charge is 0.425 e. The molecule has 258 valence electrons. The van der Waals surface area contributed by atoms with E-state index < -0.39 is 17.9 Å². The molecule has 0 spiro atoms. The highest BCUT2D eigenvalue weighted by atomic mass is 19.1. The molecule has 0 saturated carbocycles. The van der Waals surface area contributed by atoms with Crippen LogP contribution in [0.1, 0.15) is 79.0 Å². The van der Waals surface area contributed by atoms with Gasteiger partial charge in [-0.1, -0.05) is 51.5 Å². The Kier molecular flexibility index (Phi) is 10.8. The van der Waals surface area contributed by atoms with Gasteiger partial charge in [0.2, 0.25) is 11.9 Å². The van der Waals surface area contributed by atoms with Gasteiger partial charge in [-0.25, -0.2) is 23.7 Å². The highest BCUT2D eigenvalue weighted by molar-refractivity contribution is 5.79. The lowest BCUT2D eigenvalue weighted by atomic mass is 9.97. The molecule has 1 fully saturated rings. The number of piperidine rings is 1. The van der Waals surface area contributed by atoms with E-state index in [1.807, 2.05) is 56.1 Å². The SMILES string of the molecule is CCC(C)CN(C(=O)OC(C)n1c(N(C)C2CCN(c3nc4ccccc4n3Cc3ccc(F)cc3)CC2)nccc1=O)C(C)(C)CC. The summed E-state index contributed by atoms with van der Waals surface area (Å²) < 4.78 is 23.3. The molecule has 3 heterocycles. The number of ether oxygens (including phenoxy) is 1. The van der Waals surface area contributed by atoms with Crippen LogP contribution < -0.4 is 15.4 Å². The maximum atomic E-state index is 13.6. The van der Waals surface area contributed by atoms with Gasteiger partial charge < -0.3 is 24.0 Å². The topological polar surface area (TPSA) is 88.7 Å². The summed E-state index contributed by atoms with van der Waals surface area (Å²) in [6.07, 6.45) is 3.56. The van der Waals surface area contributed by atoms with Crippen molar-refractivity contribution in [1.29, 1.82) is 0 Å². The number of hydrogen-bond donors (Lipinski definition) is 0. The molecular formula is C37H50FN7O3. The molecule has 1 aliphatic rings. The van der Waals surface area contributed by atoms with Crippen LogP contribution in [0.15, 0.2) is 65.6 Å². The van der Waals surface area contributed by atoms with Crippen LogP contribution >= 0.6 is 0 Å². The van der Waals surface area contributed by atoms with Crippen LogP contribution in [-0.2, 0) is 11.3 Å². The lowest BCUT2D eigenvalue weighted by Crippen LogP contribution is -2.50. The average molecular weight is 660 g/mol. The van der Waals surface area contributed by atoms with Crippen LogP contribution in [0.25, 0.3) is 11.0 Å². The normalized spacial score (nSPS) is 15.4. The Bertz CT molecular complexity index is 1740. The second-order valence-corrected chi connectivity index (χ2v) is 13.7. The minimum Gasteiger partial charge on any atom is -0.425 e. The summed E-state index contributed by atoms with van der Waals surface area (Å²) in [5.74, 6) is 1.41. The van der Waals surface area contributed by atoms with Crippen molar-refractivity contribution in [3.05, 3.63) is 82.5 Å². The molecule has 0 aliphatic carbocycles. The van der Waals surface area contributed by atoms with E-state index in [2.05, 4.69) is 41.3 Å². The Morgan fingerprint density at radius 2 is 1.75 bits per heavy atom. The molecule has 0 N–H and O–H groups in total. The van der Waals surface area contributed by atoms with Crippen molar-refractivity contribution >= 4 is 29.0 Å². The van der Waals surface area contributed by atoms with Gasteiger partial charge in [-0.3, -0.25) is 4.79 Å². The summed E-state index contributed by atoms with van der Waals surface area (Å²) in [4.78, 5) is 42.6. The van der Waals surface area contributed by atoms with Crippen LogP contribution in [0.5, 0.6) is 0 Å². The molecule has 48 heavy (non-hydrogen) atoms. The molecule has 2 aromatic carbocycles. The zero-order valence-electron chi connectivity index (χ0n) is 29.4. The Labute approximate surface area is 283 Å². The molecule has 1 amide bonds. The second kappa shape index (κ2) is 14.8. The first kappa shape index (κ1) is 34.9. The van der Waals surface area contributed by atoms with E-state index in [1.54, 1.807) is 11.8 Å². The summed E-state index contributed by atoms with van der Waals surface area (Å²) in [7, 11) is 1.95. The molecule has 4 aromatic rings. The Morgan fingerprint density at radius 3 is 2.42 bits per heavy atom. The van der Waals surface area contributed by atoms with E-state index >= 15 is 0 Å². The minimum atomic E-state index is -0.852. The predicted molar refractivity (Wildman–Crippen MR) is 189 cm³/mol. The van der Waals surface area contributed by atoms with E-state index in [4.69, 9.17) is 9.72 Å². The average Bonchev–Trinajstić information content (AvgIpc) is 3.45. The molecule has 2 unspecified atom stereocenters. The summed E-state index contributed by atoms with van der Waals surface area (Å²) in [6, 6.07) is 16.2. The molecule has 10 nitrogen and oxygen atoms in total. The predicted octanol–water partition coefficient (Wildman–Crippen LogP) is 7.08. The highest BCUT2D eigenvalue weighted by Gasteiger charge is 2.34. The number of nitrogens with zero attached hydrogens (tertiary/aromatic N) is 7. The van der Waals surface area contributed by atoms with Crippen molar-refractivity contribution in [3.8, 4) is 0 Å². The van der Waals surface area contributed by atoms with E-state index in [-0.39, 0.29) is 17.4 Å². The van der Waals surface area contributed by atoms with Gasteiger partial charge in [0.15, 0.2) is 6.23 Å². The lowest BCUT2D eigenvalue weighted by molar-refractivity contribution is 0.00734. The molecule has 0 bridgehead atoms. The number of aromatic nitrogens is 4. The van der Waals surface area contributed by atoms with E-state index in [1.165, 1.54) is 29.0 Å². The number of rotatable bonds is 12. The third-order valence-corrected chi connectivity index (χ3v) is 10.0. The van der Waals surface area contributed by atoms with E-state index in [0.717, 1.165) is 61.3 Å². The molecular weight excluding hydrogens is 609 g/mol. The fourth-order valence-corrected chi connectivity index (χ4v) is 6.32. The van der Waals surface area contributed by atoms with Gasteiger partial charge in [-0.05, 0) is 75.8 Å². The van der Waals surface area contributed by atoms with Gasteiger partial charge in [0.05, 0.1) is 17.6 Å². The summed E-state index contributed by atoms with van der Waals surface area (Å²) >= 11 is 0. The zero-order chi connectivity index (χ0) is 34.6. The van der Waals surface area contributed by atoms with Gasteiger partial charge >= 0.3 is 6.09 Å². The molecule has 2 atom stereocenters. The Morgan fingerprint density at radius 1 is 1.06 bits per heavy atom. The third kappa shape index (κ3) is 7.50. The molecule has 1 saturated heterocycles. The maximum absolute atomic E-state index is 13.6. The number of fused-ring (bicyclic) bond motifs is 1. The molecule has 0 radical (unpaired) electrons. The lowest BCUT2D eigenvalue weighted by Gasteiger charge is -2.40. The van der Waals surface area contributed by atoms with Crippen LogP contribution in [0.4, 0.5) is 21.1 Å². The number of para-hydroxylation sites is 2. The monoisotopic (exact) mass is 659 g/mol. The first-order valence-corrected chi connectivity index (χ1v) is 17.2. The number of carbonyl (C=O) groups is 1. The number of hydrogen-bond acceptors (Lipinski definition) is 7. The highest BCUT2D eigenvalue weighted by Crippen LogP contribution is 2.30. The Hall–Kier alpha value is -4.41. The minimum absolute atomic E-state index is 0.0977. The number of anilines is 2. The number of halogens is 1. The van der Waals surface area contributed by atoms with Crippen molar-refractivity contribution in [2.45, 2.75) is 91.6 Å². The third-order valence-electron chi connectivity index (χ3n) is 10.0. The van der Waals surface area contributed by atoms with Crippen molar-refractivity contribution < 1.29 is 13.9 Å². The summed E-state index contributed by atoms with van der Waals surface area (Å²) in [5, 5.41) is 0. The number of amides is 1. The van der Waals surface area contributed by atoms with Gasteiger partial charge in [0.1, 0.15) is 5.82 Å². The first-order chi connectivity index (χ1) is 22.9. The van der Waals surface area contributed by atoms with Crippen molar-refractivity contribution in [1.82, 2.24) is 24.0 Å². The van der Waals surface area contributed by atoms with Crippen LogP contribution in [0.2, 0.25) is 0 Å². The number of carbonyl (C=O) groups excluding carboxylic acids is 1.